The Bertz CT molecular complexity index is 657. The summed E-state index contributed by atoms with van der Waals surface area (Å²) in [4.78, 5) is 35.7. The van der Waals surface area contributed by atoms with Gasteiger partial charge in [-0.05, 0) is 37.3 Å². The van der Waals surface area contributed by atoms with Crippen molar-refractivity contribution in [1.29, 1.82) is 0 Å². The molecule has 0 aliphatic heterocycles. The van der Waals surface area contributed by atoms with Crippen LogP contribution >= 0.6 is 0 Å². The molecule has 1 fully saturated rings. The summed E-state index contributed by atoms with van der Waals surface area (Å²) in [5.74, 6) is -0.451. The van der Waals surface area contributed by atoms with E-state index in [9.17, 15) is 14.4 Å². The van der Waals surface area contributed by atoms with E-state index in [2.05, 4.69) is 21.3 Å². The van der Waals surface area contributed by atoms with E-state index in [-0.39, 0.29) is 36.9 Å². The third-order valence-corrected chi connectivity index (χ3v) is 4.93. The Labute approximate surface area is 167 Å². The summed E-state index contributed by atoms with van der Waals surface area (Å²) in [6.07, 6.45) is 7.29. The first-order valence-corrected chi connectivity index (χ1v) is 10.3. The number of benzene rings is 1. The van der Waals surface area contributed by atoms with E-state index in [0.717, 1.165) is 30.5 Å². The molecule has 28 heavy (non-hydrogen) atoms. The number of urea groups is 1. The molecule has 1 saturated carbocycles. The maximum atomic E-state index is 12.0. The first-order valence-electron chi connectivity index (χ1n) is 10.3. The normalized spacial score (nSPS) is 14.2. The summed E-state index contributed by atoms with van der Waals surface area (Å²) in [6, 6.07) is 7.72. The number of amides is 4. The fourth-order valence-electron chi connectivity index (χ4n) is 3.35. The number of anilines is 1. The molecule has 1 aliphatic rings. The number of nitrogens with one attached hydrogen (secondary N) is 4. The van der Waals surface area contributed by atoms with Crippen molar-refractivity contribution in [3.63, 3.8) is 0 Å². The van der Waals surface area contributed by atoms with Gasteiger partial charge in [-0.3, -0.25) is 9.59 Å². The van der Waals surface area contributed by atoms with Crippen molar-refractivity contribution in [2.75, 3.05) is 18.4 Å². The van der Waals surface area contributed by atoms with E-state index >= 15 is 0 Å². The van der Waals surface area contributed by atoms with E-state index in [1.54, 1.807) is 0 Å². The maximum absolute atomic E-state index is 12.0. The highest BCUT2D eigenvalue weighted by molar-refractivity contribution is 5.95. The van der Waals surface area contributed by atoms with Gasteiger partial charge in [0.05, 0.1) is 6.54 Å². The smallest absolute Gasteiger partial charge is 0.315 e. The SMILES string of the molecule is CCc1ccccc1NC(=O)CNC(=O)CCCNC(=O)NC1CCCCC1. The molecule has 7 nitrogen and oxygen atoms in total. The van der Waals surface area contributed by atoms with Crippen LogP contribution < -0.4 is 21.3 Å². The predicted molar refractivity (Wildman–Crippen MR) is 110 cm³/mol. The van der Waals surface area contributed by atoms with Crippen molar-refractivity contribution in [2.45, 2.75) is 64.3 Å². The van der Waals surface area contributed by atoms with E-state index in [4.69, 9.17) is 0 Å². The Hall–Kier alpha value is -2.57. The van der Waals surface area contributed by atoms with Crippen LogP contribution in [0.1, 0.15) is 57.4 Å². The molecule has 0 atom stereocenters. The number of carbonyl (C=O) groups excluding carboxylic acids is 3. The zero-order valence-corrected chi connectivity index (χ0v) is 16.7. The molecular weight excluding hydrogens is 356 g/mol. The zero-order chi connectivity index (χ0) is 20.2. The highest BCUT2D eigenvalue weighted by Crippen LogP contribution is 2.17. The van der Waals surface area contributed by atoms with E-state index in [0.29, 0.717) is 13.0 Å². The van der Waals surface area contributed by atoms with Gasteiger partial charge in [0.15, 0.2) is 0 Å². The minimum atomic E-state index is -0.251. The van der Waals surface area contributed by atoms with Crippen molar-refractivity contribution in [3.05, 3.63) is 29.8 Å². The molecule has 0 heterocycles. The van der Waals surface area contributed by atoms with Crippen LogP contribution in [-0.4, -0.2) is 37.0 Å². The van der Waals surface area contributed by atoms with Crippen LogP contribution in [0.3, 0.4) is 0 Å². The van der Waals surface area contributed by atoms with Gasteiger partial charge >= 0.3 is 6.03 Å². The molecule has 0 aromatic heterocycles. The van der Waals surface area contributed by atoms with Gasteiger partial charge < -0.3 is 21.3 Å². The molecule has 0 bridgehead atoms. The van der Waals surface area contributed by atoms with Gasteiger partial charge in [0, 0.05) is 24.7 Å². The van der Waals surface area contributed by atoms with Crippen LogP contribution in [0.4, 0.5) is 10.5 Å². The second kappa shape index (κ2) is 12.0. The Morgan fingerprint density at radius 1 is 1.00 bits per heavy atom. The number of hydrogen-bond acceptors (Lipinski definition) is 3. The molecule has 0 unspecified atom stereocenters. The number of carbonyl (C=O) groups is 3. The second-order valence-corrected chi connectivity index (χ2v) is 7.17. The Morgan fingerprint density at radius 3 is 2.50 bits per heavy atom. The second-order valence-electron chi connectivity index (χ2n) is 7.17. The molecule has 2 rings (SSSR count). The summed E-state index contributed by atoms with van der Waals surface area (Å²) in [7, 11) is 0. The fraction of sp³-hybridized carbons (Fsp3) is 0.571. The summed E-state index contributed by atoms with van der Waals surface area (Å²) in [5, 5.41) is 11.2. The van der Waals surface area contributed by atoms with Crippen molar-refractivity contribution in [2.24, 2.45) is 0 Å². The number of para-hydroxylation sites is 1. The Balaban J connectivity index is 1.55. The van der Waals surface area contributed by atoms with Gasteiger partial charge in [-0.25, -0.2) is 4.79 Å². The van der Waals surface area contributed by atoms with Gasteiger partial charge in [0.25, 0.3) is 0 Å². The van der Waals surface area contributed by atoms with Crippen LogP contribution in [0.2, 0.25) is 0 Å². The topological polar surface area (TPSA) is 99.3 Å². The lowest BCUT2D eigenvalue weighted by molar-refractivity contribution is -0.124. The van der Waals surface area contributed by atoms with Gasteiger partial charge in [-0.2, -0.15) is 0 Å². The van der Waals surface area contributed by atoms with E-state index in [1.807, 2.05) is 31.2 Å². The lowest BCUT2D eigenvalue weighted by atomic mass is 9.96. The lowest BCUT2D eigenvalue weighted by Gasteiger charge is -2.22. The molecule has 4 amide bonds. The van der Waals surface area contributed by atoms with Gasteiger partial charge in [0.1, 0.15) is 0 Å². The quantitative estimate of drug-likeness (QED) is 0.490. The molecule has 7 heteroatoms. The zero-order valence-electron chi connectivity index (χ0n) is 16.7. The van der Waals surface area contributed by atoms with Crippen LogP contribution in [0.25, 0.3) is 0 Å². The number of rotatable bonds is 9. The maximum Gasteiger partial charge on any atom is 0.315 e. The van der Waals surface area contributed by atoms with Crippen LogP contribution in [0.15, 0.2) is 24.3 Å². The molecular formula is C21H32N4O3. The third kappa shape index (κ3) is 7.98. The van der Waals surface area contributed by atoms with Crippen molar-refractivity contribution in [3.8, 4) is 0 Å². The highest BCUT2D eigenvalue weighted by Gasteiger charge is 2.15. The van der Waals surface area contributed by atoms with Gasteiger partial charge in [-0.15, -0.1) is 0 Å². The van der Waals surface area contributed by atoms with Crippen molar-refractivity contribution in [1.82, 2.24) is 16.0 Å². The average molecular weight is 389 g/mol. The molecule has 4 N–H and O–H groups in total. The summed E-state index contributed by atoms with van der Waals surface area (Å²) < 4.78 is 0. The van der Waals surface area contributed by atoms with Gasteiger partial charge in [0.2, 0.25) is 11.8 Å². The monoisotopic (exact) mass is 388 g/mol. The molecule has 0 saturated heterocycles. The van der Waals surface area contributed by atoms with Crippen molar-refractivity contribution < 1.29 is 14.4 Å². The fourth-order valence-corrected chi connectivity index (χ4v) is 3.35. The minimum absolute atomic E-state index is 0.0630. The molecule has 1 aromatic carbocycles. The number of aryl methyl sites for hydroxylation is 1. The standard InChI is InChI=1S/C21H32N4O3/c1-2-16-9-6-7-12-18(16)25-20(27)15-23-19(26)13-8-14-22-21(28)24-17-10-4-3-5-11-17/h6-7,9,12,17H,2-5,8,10-11,13-15H2,1H3,(H,23,26)(H,25,27)(H2,22,24,28). The summed E-state index contributed by atoms with van der Waals surface area (Å²) in [6.45, 7) is 2.39. The minimum Gasteiger partial charge on any atom is -0.347 e. The van der Waals surface area contributed by atoms with Gasteiger partial charge in [-0.1, -0.05) is 44.4 Å². The summed E-state index contributed by atoms with van der Waals surface area (Å²) >= 11 is 0. The molecule has 0 radical (unpaired) electrons. The Morgan fingerprint density at radius 2 is 1.75 bits per heavy atom. The van der Waals surface area contributed by atoms with Crippen LogP contribution in [0.5, 0.6) is 0 Å². The van der Waals surface area contributed by atoms with Crippen molar-refractivity contribution >= 4 is 23.5 Å². The first-order chi connectivity index (χ1) is 13.6. The summed E-state index contributed by atoms with van der Waals surface area (Å²) in [5.41, 5.74) is 1.83. The Kier molecular flexibility index (Phi) is 9.31. The first kappa shape index (κ1) is 21.7. The van der Waals surface area contributed by atoms with Crippen LogP contribution in [-0.2, 0) is 16.0 Å². The average Bonchev–Trinajstić information content (AvgIpc) is 2.71. The van der Waals surface area contributed by atoms with E-state index in [1.165, 1.54) is 19.3 Å². The number of hydrogen-bond donors (Lipinski definition) is 4. The van der Waals surface area contributed by atoms with Crippen LogP contribution in [0, 0.1) is 0 Å². The molecule has 1 aromatic rings. The largest absolute Gasteiger partial charge is 0.347 e. The molecule has 1 aliphatic carbocycles. The predicted octanol–water partition coefficient (Wildman–Crippen LogP) is 2.72. The molecule has 154 valence electrons. The lowest BCUT2D eigenvalue weighted by Crippen LogP contribution is -2.43. The van der Waals surface area contributed by atoms with E-state index < -0.39 is 0 Å². The highest BCUT2D eigenvalue weighted by atomic mass is 16.2. The third-order valence-electron chi connectivity index (χ3n) is 4.93. The molecule has 0 spiro atoms.